The largest absolute Gasteiger partial charge is 0.300 e. The van der Waals surface area contributed by atoms with E-state index in [1.54, 1.807) is 13.0 Å². The van der Waals surface area contributed by atoms with E-state index in [9.17, 15) is 13.6 Å². The lowest BCUT2D eigenvalue weighted by atomic mass is 9.86. The SMILES string of the molecule is CC(=O)[C@H]1CN(Cc2ccccc2)C[C@@H]1c1ccc(F)c(F)c1. The number of carbonyl (C=O) groups is 1. The van der Waals surface area contributed by atoms with Gasteiger partial charge in [-0.1, -0.05) is 36.4 Å². The number of ketones is 1. The van der Waals surface area contributed by atoms with Crippen LogP contribution in [0.2, 0.25) is 0 Å². The second-order valence-electron chi connectivity index (χ2n) is 6.18. The van der Waals surface area contributed by atoms with Crippen LogP contribution in [0.15, 0.2) is 48.5 Å². The molecule has 4 heteroatoms. The molecule has 2 nitrogen and oxygen atoms in total. The van der Waals surface area contributed by atoms with Gasteiger partial charge in [-0.25, -0.2) is 8.78 Å². The molecule has 1 aliphatic rings. The average Bonchev–Trinajstić information content (AvgIpc) is 2.95. The normalized spacial score (nSPS) is 21.5. The molecule has 1 saturated heterocycles. The number of rotatable bonds is 4. The molecule has 2 aromatic carbocycles. The van der Waals surface area contributed by atoms with Gasteiger partial charge in [0.1, 0.15) is 5.78 Å². The lowest BCUT2D eigenvalue weighted by Gasteiger charge is -2.17. The number of halogens is 2. The van der Waals surface area contributed by atoms with Gasteiger partial charge in [0.15, 0.2) is 11.6 Å². The topological polar surface area (TPSA) is 20.3 Å². The maximum Gasteiger partial charge on any atom is 0.159 e. The molecule has 0 amide bonds. The number of hydrogen-bond donors (Lipinski definition) is 0. The second-order valence-corrected chi connectivity index (χ2v) is 6.18. The quantitative estimate of drug-likeness (QED) is 0.856. The van der Waals surface area contributed by atoms with Crippen LogP contribution in [-0.2, 0) is 11.3 Å². The first kappa shape index (κ1) is 15.8. The second kappa shape index (κ2) is 6.59. The van der Waals surface area contributed by atoms with Crippen LogP contribution >= 0.6 is 0 Å². The number of Topliss-reactive ketones (excluding diaryl/α,β-unsaturated/α-hetero) is 1. The predicted molar refractivity (Wildman–Crippen MR) is 85.0 cm³/mol. The number of hydrogen-bond acceptors (Lipinski definition) is 2. The monoisotopic (exact) mass is 315 g/mol. The van der Waals surface area contributed by atoms with E-state index in [0.29, 0.717) is 18.7 Å². The lowest BCUT2D eigenvalue weighted by Crippen LogP contribution is -2.22. The molecule has 2 atom stereocenters. The Morgan fingerprint density at radius 2 is 1.83 bits per heavy atom. The van der Waals surface area contributed by atoms with Crippen molar-refractivity contribution in [2.75, 3.05) is 13.1 Å². The fraction of sp³-hybridized carbons (Fsp3) is 0.316. The van der Waals surface area contributed by atoms with Crippen molar-refractivity contribution in [1.82, 2.24) is 4.90 Å². The van der Waals surface area contributed by atoms with E-state index < -0.39 is 11.6 Å². The van der Waals surface area contributed by atoms with Crippen molar-refractivity contribution in [3.63, 3.8) is 0 Å². The molecule has 0 spiro atoms. The Kier molecular flexibility index (Phi) is 4.53. The molecule has 120 valence electrons. The van der Waals surface area contributed by atoms with Gasteiger partial charge in [-0.2, -0.15) is 0 Å². The summed E-state index contributed by atoms with van der Waals surface area (Å²) in [7, 11) is 0. The van der Waals surface area contributed by atoms with Crippen LogP contribution in [0.25, 0.3) is 0 Å². The zero-order valence-electron chi connectivity index (χ0n) is 13.0. The zero-order chi connectivity index (χ0) is 16.4. The van der Waals surface area contributed by atoms with Crippen LogP contribution in [0, 0.1) is 17.6 Å². The van der Waals surface area contributed by atoms with Crippen molar-refractivity contribution in [2.24, 2.45) is 5.92 Å². The number of carbonyl (C=O) groups excluding carboxylic acids is 1. The third kappa shape index (κ3) is 3.48. The summed E-state index contributed by atoms with van der Waals surface area (Å²) in [5.74, 6) is -1.89. The molecule has 23 heavy (non-hydrogen) atoms. The summed E-state index contributed by atoms with van der Waals surface area (Å²) < 4.78 is 26.7. The van der Waals surface area contributed by atoms with E-state index >= 15 is 0 Å². The Morgan fingerprint density at radius 1 is 1.09 bits per heavy atom. The van der Waals surface area contributed by atoms with E-state index in [1.807, 2.05) is 30.3 Å². The Morgan fingerprint density at radius 3 is 2.48 bits per heavy atom. The summed E-state index contributed by atoms with van der Waals surface area (Å²) in [5.41, 5.74) is 1.88. The highest BCUT2D eigenvalue weighted by atomic mass is 19.2. The molecule has 0 aliphatic carbocycles. The van der Waals surface area contributed by atoms with Crippen LogP contribution in [0.4, 0.5) is 8.78 Å². The van der Waals surface area contributed by atoms with E-state index in [4.69, 9.17) is 0 Å². The first-order valence-corrected chi connectivity index (χ1v) is 7.76. The van der Waals surface area contributed by atoms with Gasteiger partial charge >= 0.3 is 0 Å². The van der Waals surface area contributed by atoms with Crippen molar-refractivity contribution < 1.29 is 13.6 Å². The van der Waals surface area contributed by atoms with E-state index in [1.165, 1.54) is 11.6 Å². The molecule has 3 rings (SSSR count). The highest BCUT2D eigenvalue weighted by molar-refractivity contribution is 5.80. The minimum Gasteiger partial charge on any atom is -0.300 e. The van der Waals surface area contributed by atoms with Crippen molar-refractivity contribution in [2.45, 2.75) is 19.4 Å². The third-order valence-corrected chi connectivity index (χ3v) is 4.54. The highest BCUT2D eigenvalue weighted by Gasteiger charge is 2.36. The van der Waals surface area contributed by atoms with Gasteiger partial charge in [0.25, 0.3) is 0 Å². The van der Waals surface area contributed by atoms with E-state index in [0.717, 1.165) is 12.6 Å². The molecule has 1 aliphatic heterocycles. The van der Waals surface area contributed by atoms with Crippen LogP contribution in [0.1, 0.15) is 24.0 Å². The Labute approximate surface area is 134 Å². The van der Waals surface area contributed by atoms with Crippen molar-refractivity contribution in [1.29, 1.82) is 0 Å². The standard InChI is InChI=1S/C19H19F2NO/c1-13(23)16-11-22(10-14-5-3-2-4-6-14)12-17(16)15-7-8-18(20)19(21)9-15/h2-9,16-17H,10-12H2,1H3/t16-,17-/m1/s1. The molecule has 0 bridgehead atoms. The van der Waals surface area contributed by atoms with E-state index in [2.05, 4.69) is 4.90 Å². The summed E-state index contributed by atoms with van der Waals surface area (Å²) in [6, 6.07) is 14.0. The van der Waals surface area contributed by atoms with Gasteiger partial charge in [-0.3, -0.25) is 9.69 Å². The van der Waals surface area contributed by atoms with Gasteiger partial charge in [0.05, 0.1) is 0 Å². The van der Waals surface area contributed by atoms with Crippen LogP contribution in [0.3, 0.4) is 0 Å². The summed E-state index contributed by atoms with van der Waals surface area (Å²) in [5, 5.41) is 0. The average molecular weight is 315 g/mol. The first-order valence-electron chi connectivity index (χ1n) is 7.76. The minimum atomic E-state index is -0.855. The summed E-state index contributed by atoms with van der Waals surface area (Å²) in [6.45, 7) is 3.65. The summed E-state index contributed by atoms with van der Waals surface area (Å²) >= 11 is 0. The summed E-state index contributed by atoms with van der Waals surface area (Å²) in [6.07, 6.45) is 0. The fourth-order valence-corrected chi connectivity index (χ4v) is 3.35. The van der Waals surface area contributed by atoms with Crippen LogP contribution in [-0.4, -0.2) is 23.8 Å². The minimum absolute atomic E-state index is 0.0914. The van der Waals surface area contributed by atoms with Crippen molar-refractivity contribution in [3.05, 3.63) is 71.3 Å². The zero-order valence-corrected chi connectivity index (χ0v) is 13.0. The molecule has 1 heterocycles. The molecular formula is C19H19F2NO. The van der Waals surface area contributed by atoms with Crippen molar-refractivity contribution >= 4 is 5.78 Å². The van der Waals surface area contributed by atoms with E-state index in [-0.39, 0.29) is 17.6 Å². The number of likely N-dealkylation sites (tertiary alicyclic amines) is 1. The Balaban J connectivity index is 1.81. The number of nitrogens with zero attached hydrogens (tertiary/aromatic N) is 1. The van der Waals surface area contributed by atoms with Crippen LogP contribution in [0.5, 0.6) is 0 Å². The van der Waals surface area contributed by atoms with Crippen LogP contribution < -0.4 is 0 Å². The molecule has 1 fully saturated rings. The number of benzene rings is 2. The highest BCUT2D eigenvalue weighted by Crippen LogP contribution is 2.34. The Hall–Kier alpha value is -2.07. The molecule has 0 aromatic heterocycles. The third-order valence-electron chi connectivity index (χ3n) is 4.54. The molecule has 2 aromatic rings. The van der Waals surface area contributed by atoms with Gasteiger partial charge in [0.2, 0.25) is 0 Å². The lowest BCUT2D eigenvalue weighted by molar-refractivity contribution is -0.120. The predicted octanol–water partition coefficient (Wildman–Crippen LogP) is 3.77. The van der Waals surface area contributed by atoms with Crippen molar-refractivity contribution in [3.8, 4) is 0 Å². The van der Waals surface area contributed by atoms with Gasteiger partial charge in [-0.15, -0.1) is 0 Å². The van der Waals surface area contributed by atoms with Gasteiger partial charge < -0.3 is 0 Å². The molecular weight excluding hydrogens is 296 g/mol. The van der Waals surface area contributed by atoms with Gasteiger partial charge in [0, 0.05) is 31.5 Å². The van der Waals surface area contributed by atoms with Gasteiger partial charge in [-0.05, 0) is 30.2 Å². The molecule has 0 radical (unpaired) electrons. The Bertz CT molecular complexity index is 702. The maximum atomic E-state index is 13.5. The summed E-state index contributed by atoms with van der Waals surface area (Å²) in [4.78, 5) is 14.2. The molecule has 0 saturated carbocycles. The first-order chi connectivity index (χ1) is 11.0. The smallest absolute Gasteiger partial charge is 0.159 e. The molecule has 0 N–H and O–H groups in total. The fourth-order valence-electron chi connectivity index (χ4n) is 3.35. The maximum absolute atomic E-state index is 13.5. The molecule has 0 unspecified atom stereocenters.